The summed E-state index contributed by atoms with van der Waals surface area (Å²) in [5.41, 5.74) is 2.18. The molecule has 5 rings (SSSR count). The highest BCUT2D eigenvalue weighted by Gasteiger charge is 2.36. The van der Waals surface area contributed by atoms with Gasteiger partial charge in [0.1, 0.15) is 0 Å². The lowest BCUT2D eigenvalue weighted by Gasteiger charge is -2.43. The van der Waals surface area contributed by atoms with E-state index in [2.05, 4.69) is 28.0 Å². The van der Waals surface area contributed by atoms with Gasteiger partial charge >= 0.3 is 0 Å². The number of rotatable bonds is 5. The summed E-state index contributed by atoms with van der Waals surface area (Å²) in [6, 6.07) is 6.05. The van der Waals surface area contributed by atoms with Gasteiger partial charge in [-0.05, 0) is 31.5 Å². The number of hydrogen-bond acceptors (Lipinski definition) is 5. The lowest BCUT2D eigenvalue weighted by molar-refractivity contribution is -0.134. The predicted molar refractivity (Wildman–Crippen MR) is 118 cm³/mol. The van der Waals surface area contributed by atoms with Crippen molar-refractivity contribution in [1.82, 2.24) is 29.0 Å². The lowest BCUT2D eigenvalue weighted by atomic mass is 9.83. The number of likely N-dealkylation sites (N-methyl/N-ethyl adjacent to an activating group) is 1. The first-order chi connectivity index (χ1) is 15.1. The van der Waals surface area contributed by atoms with Crippen LogP contribution in [0, 0.1) is 5.92 Å². The fourth-order valence-corrected chi connectivity index (χ4v) is 5.36. The molecule has 8 nitrogen and oxygen atoms in total. The maximum atomic E-state index is 13.3. The summed E-state index contributed by atoms with van der Waals surface area (Å²) >= 11 is 0. The van der Waals surface area contributed by atoms with Crippen LogP contribution in [-0.2, 0) is 24.4 Å². The van der Waals surface area contributed by atoms with E-state index in [4.69, 9.17) is 0 Å². The minimum absolute atomic E-state index is 0.171. The third-order valence-corrected chi connectivity index (χ3v) is 7.14. The first-order valence-electron chi connectivity index (χ1n) is 11.5. The number of hydrogen-bond donors (Lipinski definition) is 0. The molecule has 2 saturated heterocycles. The van der Waals surface area contributed by atoms with Gasteiger partial charge in [0.2, 0.25) is 5.91 Å². The molecule has 2 atom stereocenters. The van der Waals surface area contributed by atoms with Crippen LogP contribution in [0.25, 0.3) is 0 Å². The molecular weight excluding hydrogens is 392 g/mol. The molecule has 2 aromatic rings. The van der Waals surface area contributed by atoms with Crippen molar-refractivity contribution < 1.29 is 4.79 Å². The number of likely N-dealkylation sites (tertiary alicyclic amines) is 1. The molecule has 8 heteroatoms. The van der Waals surface area contributed by atoms with Crippen LogP contribution in [0.5, 0.6) is 0 Å². The summed E-state index contributed by atoms with van der Waals surface area (Å²) < 4.78 is 3.81. The SMILES string of the molecule is CN1CCN(Cc2ccc3n(c2=O)C[C@H]2C[C@@H]3CN(C(=O)CCn3cccn3)C2)CC1. The van der Waals surface area contributed by atoms with Crippen molar-refractivity contribution in [3.63, 3.8) is 0 Å². The van der Waals surface area contributed by atoms with E-state index in [0.717, 1.165) is 63.5 Å². The van der Waals surface area contributed by atoms with Crippen LogP contribution < -0.4 is 5.56 Å². The smallest absolute Gasteiger partial charge is 0.255 e. The minimum Gasteiger partial charge on any atom is -0.342 e. The molecule has 31 heavy (non-hydrogen) atoms. The second-order valence-corrected chi connectivity index (χ2v) is 9.40. The number of aryl methyl sites for hydroxylation is 1. The number of nitrogens with zero attached hydrogens (tertiary/aromatic N) is 6. The second kappa shape index (κ2) is 8.59. The zero-order valence-electron chi connectivity index (χ0n) is 18.3. The molecule has 0 aliphatic carbocycles. The Morgan fingerprint density at radius 2 is 1.97 bits per heavy atom. The number of aromatic nitrogens is 3. The van der Waals surface area contributed by atoms with E-state index in [1.807, 2.05) is 27.8 Å². The molecular formula is C23H32N6O2. The Morgan fingerprint density at radius 1 is 1.13 bits per heavy atom. The Kier molecular flexibility index (Phi) is 5.67. The van der Waals surface area contributed by atoms with E-state index < -0.39 is 0 Å². The summed E-state index contributed by atoms with van der Waals surface area (Å²) in [6.07, 6.45) is 5.17. The molecule has 0 saturated carbocycles. The predicted octanol–water partition coefficient (Wildman–Crippen LogP) is 0.828. The summed E-state index contributed by atoms with van der Waals surface area (Å²) in [5.74, 6) is 0.802. The summed E-state index contributed by atoms with van der Waals surface area (Å²) in [6.45, 7) is 7.68. The number of piperidine rings is 1. The fraction of sp³-hybridized carbons (Fsp3) is 0.609. The number of carbonyl (C=O) groups excluding carboxylic acids is 1. The van der Waals surface area contributed by atoms with E-state index >= 15 is 0 Å². The van der Waals surface area contributed by atoms with Crippen molar-refractivity contribution in [3.05, 3.63) is 52.2 Å². The molecule has 166 valence electrons. The van der Waals surface area contributed by atoms with Crippen LogP contribution in [0.4, 0.5) is 0 Å². The average Bonchev–Trinajstić information content (AvgIpc) is 3.29. The molecule has 0 N–H and O–H groups in total. The highest BCUT2D eigenvalue weighted by atomic mass is 16.2. The molecule has 3 aliphatic rings. The maximum Gasteiger partial charge on any atom is 0.255 e. The van der Waals surface area contributed by atoms with Crippen LogP contribution >= 0.6 is 0 Å². The molecule has 2 bridgehead atoms. The zero-order chi connectivity index (χ0) is 21.4. The summed E-state index contributed by atoms with van der Waals surface area (Å²) in [7, 11) is 2.15. The molecule has 3 aliphatic heterocycles. The van der Waals surface area contributed by atoms with Crippen molar-refractivity contribution in [1.29, 1.82) is 0 Å². The van der Waals surface area contributed by atoms with Gasteiger partial charge in [-0.25, -0.2) is 0 Å². The summed E-state index contributed by atoms with van der Waals surface area (Å²) in [4.78, 5) is 32.8. The Labute approximate surface area is 183 Å². The van der Waals surface area contributed by atoms with Gasteiger partial charge in [0.25, 0.3) is 5.56 Å². The van der Waals surface area contributed by atoms with Gasteiger partial charge in [-0.2, -0.15) is 5.10 Å². The molecule has 0 unspecified atom stereocenters. The van der Waals surface area contributed by atoms with Crippen LogP contribution in [-0.4, -0.2) is 81.3 Å². The molecule has 0 aromatic carbocycles. The van der Waals surface area contributed by atoms with E-state index in [1.165, 1.54) is 0 Å². The highest BCUT2D eigenvalue weighted by Crippen LogP contribution is 2.35. The topological polar surface area (TPSA) is 66.6 Å². The quantitative estimate of drug-likeness (QED) is 0.711. The number of amides is 1. The summed E-state index contributed by atoms with van der Waals surface area (Å²) in [5, 5.41) is 4.19. The monoisotopic (exact) mass is 424 g/mol. The van der Waals surface area contributed by atoms with E-state index in [9.17, 15) is 9.59 Å². The highest BCUT2D eigenvalue weighted by molar-refractivity contribution is 5.76. The van der Waals surface area contributed by atoms with Crippen molar-refractivity contribution in [2.45, 2.75) is 38.4 Å². The van der Waals surface area contributed by atoms with Crippen molar-refractivity contribution in [2.75, 3.05) is 46.3 Å². The van der Waals surface area contributed by atoms with E-state index in [0.29, 0.717) is 25.4 Å². The van der Waals surface area contributed by atoms with Crippen LogP contribution in [0.3, 0.4) is 0 Å². The van der Waals surface area contributed by atoms with E-state index in [1.54, 1.807) is 10.9 Å². The van der Waals surface area contributed by atoms with Gasteiger partial charge in [-0.3, -0.25) is 19.2 Å². The number of piperazine rings is 1. The number of carbonyl (C=O) groups is 1. The molecule has 2 aromatic heterocycles. The minimum atomic E-state index is 0.171. The molecule has 2 fully saturated rings. The zero-order valence-corrected chi connectivity index (χ0v) is 18.3. The Bertz CT molecular complexity index is 976. The number of pyridine rings is 1. The first kappa shape index (κ1) is 20.5. The van der Waals surface area contributed by atoms with Gasteiger partial charge in [0.15, 0.2) is 0 Å². The van der Waals surface area contributed by atoms with Gasteiger partial charge < -0.3 is 14.4 Å². The van der Waals surface area contributed by atoms with Crippen molar-refractivity contribution in [3.8, 4) is 0 Å². The maximum absolute atomic E-state index is 13.3. The standard InChI is InChI=1S/C23H32N6O2/c1-25-9-11-26(12-10-25)16-19-3-4-21-20-13-18(15-29(21)23(19)31)14-27(17-20)22(30)5-8-28-7-2-6-24-28/h2-4,6-7,18,20H,5,8-17H2,1H3/t18-,20+/m0/s1. The van der Waals surface area contributed by atoms with Crippen molar-refractivity contribution >= 4 is 5.91 Å². The third kappa shape index (κ3) is 4.32. The average molecular weight is 425 g/mol. The first-order valence-corrected chi connectivity index (χ1v) is 11.5. The van der Waals surface area contributed by atoms with Crippen LogP contribution in [0.15, 0.2) is 35.4 Å². The van der Waals surface area contributed by atoms with Gasteiger partial charge in [0, 0.05) is 94.9 Å². The van der Waals surface area contributed by atoms with Crippen LogP contribution in [0.1, 0.15) is 30.0 Å². The van der Waals surface area contributed by atoms with Crippen molar-refractivity contribution in [2.24, 2.45) is 5.92 Å². The Morgan fingerprint density at radius 3 is 2.74 bits per heavy atom. The lowest BCUT2D eigenvalue weighted by Crippen LogP contribution is -2.50. The van der Waals surface area contributed by atoms with Crippen LogP contribution in [0.2, 0.25) is 0 Å². The Balaban J connectivity index is 1.27. The largest absolute Gasteiger partial charge is 0.342 e. The fourth-order valence-electron chi connectivity index (χ4n) is 5.36. The second-order valence-electron chi connectivity index (χ2n) is 9.40. The molecule has 0 spiro atoms. The molecule has 5 heterocycles. The van der Waals surface area contributed by atoms with Gasteiger partial charge in [-0.1, -0.05) is 6.07 Å². The van der Waals surface area contributed by atoms with Gasteiger partial charge in [0.05, 0.1) is 0 Å². The molecule has 0 radical (unpaired) electrons. The normalized spacial score (nSPS) is 24.2. The van der Waals surface area contributed by atoms with Gasteiger partial charge in [-0.15, -0.1) is 0 Å². The number of fused-ring (bicyclic) bond motifs is 4. The molecule has 1 amide bonds. The van der Waals surface area contributed by atoms with E-state index in [-0.39, 0.29) is 17.4 Å². The third-order valence-electron chi connectivity index (χ3n) is 7.14. The Hall–Kier alpha value is -2.45.